The Labute approximate surface area is 135 Å². The van der Waals surface area contributed by atoms with Crippen LogP contribution >= 0.6 is 39.6 Å². The van der Waals surface area contributed by atoms with E-state index in [2.05, 4.69) is 49.0 Å². The zero-order chi connectivity index (χ0) is 14.4. The minimum absolute atomic E-state index is 0.871. The van der Waals surface area contributed by atoms with Gasteiger partial charge in [0.15, 0.2) is 0 Å². The molecule has 0 amide bonds. The normalized spacial score (nSPS) is 12.7. The molecular weight excluding hydrogens is 354 g/mol. The van der Waals surface area contributed by atoms with E-state index in [9.17, 15) is 0 Å². The molecule has 0 bridgehead atoms. The van der Waals surface area contributed by atoms with Gasteiger partial charge < -0.3 is 4.72 Å². The molecular formula is C14H14BrN3S2. The Morgan fingerprint density at radius 3 is 3.05 bits per heavy atom. The van der Waals surface area contributed by atoms with Gasteiger partial charge in [-0.05, 0) is 37.1 Å². The fourth-order valence-corrected chi connectivity index (χ4v) is 2.76. The lowest BCUT2D eigenvalue weighted by molar-refractivity contribution is 1.42. The van der Waals surface area contributed by atoms with Crippen molar-refractivity contribution in [3.05, 3.63) is 53.5 Å². The molecule has 0 spiro atoms. The standard InChI is InChI=1S/C14H14BrN3S2/c1-3-11(8-7-10(2)9-15)19-16-12-5-4-6-13-14(12)18-20-17-13/h3-8,16H,1,9H2,2H3/b10-7+,11-8+. The molecule has 1 aromatic carbocycles. The summed E-state index contributed by atoms with van der Waals surface area (Å²) in [6.07, 6.45) is 5.95. The van der Waals surface area contributed by atoms with E-state index in [0.29, 0.717) is 0 Å². The molecule has 0 aliphatic rings. The Kier molecular flexibility index (Phi) is 5.82. The van der Waals surface area contributed by atoms with Gasteiger partial charge in [0, 0.05) is 10.2 Å². The van der Waals surface area contributed by atoms with Crippen LogP contribution in [0.25, 0.3) is 11.0 Å². The summed E-state index contributed by atoms with van der Waals surface area (Å²) < 4.78 is 11.8. The van der Waals surface area contributed by atoms with E-state index in [0.717, 1.165) is 27.0 Å². The molecule has 0 saturated carbocycles. The number of halogens is 1. The van der Waals surface area contributed by atoms with Crippen molar-refractivity contribution in [1.82, 2.24) is 8.75 Å². The van der Waals surface area contributed by atoms with Gasteiger partial charge in [-0.25, -0.2) is 0 Å². The van der Waals surface area contributed by atoms with Crippen molar-refractivity contribution in [2.45, 2.75) is 6.92 Å². The molecule has 3 nitrogen and oxygen atoms in total. The highest BCUT2D eigenvalue weighted by molar-refractivity contribution is 9.09. The molecule has 104 valence electrons. The third kappa shape index (κ3) is 3.94. The zero-order valence-corrected chi connectivity index (χ0v) is 14.2. The van der Waals surface area contributed by atoms with Crippen LogP contribution in [0.2, 0.25) is 0 Å². The van der Waals surface area contributed by atoms with Gasteiger partial charge >= 0.3 is 0 Å². The summed E-state index contributed by atoms with van der Waals surface area (Å²) in [4.78, 5) is 1.05. The highest BCUT2D eigenvalue weighted by Crippen LogP contribution is 2.26. The highest BCUT2D eigenvalue weighted by Gasteiger charge is 2.04. The monoisotopic (exact) mass is 367 g/mol. The second-order valence-corrected chi connectivity index (χ2v) is 6.03. The summed E-state index contributed by atoms with van der Waals surface area (Å²) in [5.41, 5.74) is 4.05. The maximum atomic E-state index is 4.30. The second-order valence-electron chi connectivity index (χ2n) is 4.06. The number of anilines is 1. The largest absolute Gasteiger partial charge is 0.324 e. The molecule has 2 rings (SSSR count). The van der Waals surface area contributed by atoms with E-state index < -0.39 is 0 Å². The van der Waals surface area contributed by atoms with Crippen molar-refractivity contribution in [2.75, 3.05) is 10.1 Å². The fraction of sp³-hybridized carbons (Fsp3) is 0.143. The van der Waals surface area contributed by atoms with Gasteiger partial charge in [0.25, 0.3) is 0 Å². The van der Waals surface area contributed by atoms with Crippen molar-refractivity contribution >= 4 is 56.3 Å². The van der Waals surface area contributed by atoms with Gasteiger partial charge in [-0.15, -0.1) is 0 Å². The van der Waals surface area contributed by atoms with Crippen LogP contribution in [-0.2, 0) is 0 Å². The Balaban J connectivity index is 2.10. The van der Waals surface area contributed by atoms with Gasteiger partial charge in [0.2, 0.25) is 0 Å². The van der Waals surface area contributed by atoms with Gasteiger partial charge in [-0.1, -0.05) is 46.3 Å². The number of aromatic nitrogens is 2. The van der Waals surface area contributed by atoms with E-state index in [1.807, 2.05) is 30.4 Å². The molecule has 0 aliphatic carbocycles. The number of nitrogens with one attached hydrogen (secondary N) is 1. The number of rotatable bonds is 6. The number of benzene rings is 1. The van der Waals surface area contributed by atoms with Gasteiger partial charge in [0.05, 0.1) is 17.4 Å². The third-order valence-electron chi connectivity index (χ3n) is 2.51. The maximum absolute atomic E-state index is 4.30. The Morgan fingerprint density at radius 2 is 2.30 bits per heavy atom. The van der Waals surface area contributed by atoms with E-state index in [1.165, 1.54) is 29.2 Å². The number of nitrogens with zero attached hydrogens (tertiary/aromatic N) is 2. The molecule has 20 heavy (non-hydrogen) atoms. The molecule has 0 fully saturated rings. The Morgan fingerprint density at radius 1 is 1.45 bits per heavy atom. The first kappa shape index (κ1) is 15.3. The van der Waals surface area contributed by atoms with E-state index in [4.69, 9.17) is 0 Å². The summed E-state index contributed by atoms with van der Waals surface area (Å²) >= 11 is 6.17. The molecule has 1 N–H and O–H groups in total. The van der Waals surface area contributed by atoms with Gasteiger partial charge in [0.1, 0.15) is 11.0 Å². The van der Waals surface area contributed by atoms with Crippen LogP contribution in [0.4, 0.5) is 5.69 Å². The lowest BCUT2D eigenvalue weighted by Gasteiger charge is -2.05. The van der Waals surface area contributed by atoms with Crippen molar-refractivity contribution in [2.24, 2.45) is 0 Å². The summed E-state index contributed by atoms with van der Waals surface area (Å²) in [5.74, 6) is 0. The zero-order valence-electron chi connectivity index (χ0n) is 11.0. The number of alkyl halides is 1. The molecule has 0 atom stereocenters. The number of hydrogen-bond donors (Lipinski definition) is 1. The average Bonchev–Trinajstić information content (AvgIpc) is 2.96. The van der Waals surface area contributed by atoms with Crippen molar-refractivity contribution < 1.29 is 0 Å². The second kappa shape index (κ2) is 7.61. The molecule has 1 heterocycles. The van der Waals surface area contributed by atoms with Crippen molar-refractivity contribution in [1.29, 1.82) is 0 Å². The van der Waals surface area contributed by atoms with E-state index in [-0.39, 0.29) is 0 Å². The summed E-state index contributed by atoms with van der Waals surface area (Å²) in [6, 6.07) is 5.93. The molecule has 6 heteroatoms. The molecule has 0 aliphatic heterocycles. The molecule has 0 radical (unpaired) electrons. The fourth-order valence-electron chi connectivity index (χ4n) is 1.42. The Bertz CT molecular complexity index is 661. The number of hydrogen-bond acceptors (Lipinski definition) is 5. The number of fused-ring (bicyclic) bond motifs is 1. The Hall–Kier alpha value is -1.11. The molecule has 0 saturated heterocycles. The molecule has 2 aromatic rings. The van der Waals surface area contributed by atoms with Crippen LogP contribution in [0.15, 0.2) is 53.5 Å². The quantitative estimate of drug-likeness (QED) is 0.434. The number of allylic oxidation sites excluding steroid dienone is 4. The van der Waals surface area contributed by atoms with Crippen LogP contribution in [0.1, 0.15) is 6.92 Å². The summed E-state index contributed by atoms with van der Waals surface area (Å²) in [7, 11) is 0. The first-order valence-electron chi connectivity index (χ1n) is 5.94. The minimum Gasteiger partial charge on any atom is -0.324 e. The van der Waals surface area contributed by atoms with Crippen LogP contribution in [0.5, 0.6) is 0 Å². The summed E-state index contributed by atoms with van der Waals surface area (Å²) in [5, 5.41) is 0.871. The smallest absolute Gasteiger partial charge is 0.128 e. The average molecular weight is 368 g/mol. The maximum Gasteiger partial charge on any atom is 0.128 e. The van der Waals surface area contributed by atoms with Crippen LogP contribution < -0.4 is 4.72 Å². The lowest BCUT2D eigenvalue weighted by atomic mass is 10.3. The lowest BCUT2D eigenvalue weighted by Crippen LogP contribution is -1.88. The third-order valence-corrected chi connectivity index (χ3v) is 4.80. The minimum atomic E-state index is 0.871. The van der Waals surface area contributed by atoms with E-state index in [1.54, 1.807) is 0 Å². The van der Waals surface area contributed by atoms with Gasteiger partial charge in [-0.2, -0.15) is 8.75 Å². The van der Waals surface area contributed by atoms with Gasteiger partial charge in [-0.3, -0.25) is 0 Å². The predicted octanol–water partition coefficient (Wildman–Crippen LogP) is 5.16. The van der Waals surface area contributed by atoms with Crippen LogP contribution in [0.3, 0.4) is 0 Å². The van der Waals surface area contributed by atoms with Crippen molar-refractivity contribution in [3.8, 4) is 0 Å². The first-order chi connectivity index (χ1) is 9.74. The van der Waals surface area contributed by atoms with Crippen LogP contribution in [0, 0.1) is 0 Å². The predicted molar refractivity (Wildman–Crippen MR) is 94.5 cm³/mol. The van der Waals surface area contributed by atoms with E-state index >= 15 is 0 Å². The first-order valence-corrected chi connectivity index (χ1v) is 8.61. The summed E-state index contributed by atoms with van der Waals surface area (Å²) in [6.45, 7) is 5.91. The highest BCUT2D eigenvalue weighted by atomic mass is 79.9. The SMILES string of the molecule is C=C/C(=C\C=C(/C)CBr)SNc1cccc2nsnc12. The molecule has 0 unspecified atom stereocenters. The molecule has 1 aromatic heterocycles. The van der Waals surface area contributed by atoms with Crippen molar-refractivity contribution in [3.63, 3.8) is 0 Å². The van der Waals surface area contributed by atoms with Crippen LogP contribution in [-0.4, -0.2) is 14.1 Å². The topological polar surface area (TPSA) is 37.8 Å².